The average molecular weight is 646 g/mol. The van der Waals surface area contributed by atoms with E-state index in [9.17, 15) is 29.4 Å². The van der Waals surface area contributed by atoms with E-state index in [0.29, 0.717) is 34.6 Å². The highest BCUT2D eigenvalue weighted by Gasteiger charge is 2.37. The minimum Gasteiger partial charge on any atom is -0.507 e. The quantitative estimate of drug-likeness (QED) is 0.301. The molecular weight excluding hydrogens is 608 g/mol. The van der Waals surface area contributed by atoms with E-state index in [0.717, 1.165) is 5.56 Å². The fourth-order valence-electron chi connectivity index (χ4n) is 5.33. The smallest absolute Gasteiger partial charge is 0.326 e. The number of ketones is 1. The van der Waals surface area contributed by atoms with Crippen LogP contribution in [-0.4, -0.2) is 75.7 Å². The Morgan fingerprint density at radius 3 is 2.45 bits per heavy atom. The first-order chi connectivity index (χ1) is 19.3. The molecule has 0 bridgehead atoms. The van der Waals surface area contributed by atoms with Gasteiger partial charge in [-0.15, -0.1) is 17.0 Å². The summed E-state index contributed by atoms with van der Waals surface area (Å²) < 4.78 is 5.65. The van der Waals surface area contributed by atoms with Gasteiger partial charge in [0.25, 0.3) is 5.91 Å². The van der Waals surface area contributed by atoms with Gasteiger partial charge >= 0.3 is 5.97 Å². The third-order valence-corrected chi connectivity index (χ3v) is 7.52. The Kier molecular flexibility index (Phi) is 9.71. The molecule has 1 atom stereocenters. The number of aliphatic carboxylic acids is 1. The predicted octanol–water partition coefficient (Wildman–Crippen LogP) is 3.63. The molecule has 0 aromatic heterocycles. The summed E-state index contributed by atoms with van der Waals surface area (Å²) in [6.45, 7) is 7.81. The SMILES string of the molecule is Br.CCOc1cc2c(cc1C(=O)NC)C(=N)N(CC(=O)c1cc(CN3C(=O)CCC3C(=O)O)c(O)c(C(C)(C)C)c1)C2. The minimum absolute atomic E-state index is 0. The second-order valence-corrected chi connectivity index (χ2v) is 11.3. The number of amidine groups is 1. The number of likely N-dealkylation sites (tertiary alicyclic amines) is 1. The first kappa shape index (κ1) is 32.6. The third-order valence-electron chi connectivity index (χ3n) is 7.52. The average Bonchev–Trinajstić information content (AvgIpc) is 3.42. The first-order valence-corrected chi connectivity index (χ1v) is 13.5. The maximum absolute atomic E-state index is 13.6. The van der Waals surface area contributed by atoms with E-state index in [1.165, 1.54) is 18.0 Å². The van der Waals surface area contributed by atoms with Crippen molar-refractivity contribution in [2.24, 2.45) is 0 Å². The Bertz CT molecular complexity index is 1450. The maximum Gasteiger partial charge on any atom is 0.326 e. The van der Waals surface area contributed by atoms with Crippen LogP contribution in [0.2, 0.25) is 0 Å². The molecule has 0 radical (unpaired) electrons. The van der Waals surface area contributed by atoms with Crippen LogP contribution in [0.5, 0.6) is 11.5 Å². The number of hydrogen-bond donors (Lipinski definition) is 4. The standard InChI is InChI=1S/C30H36N4O7.BrH/c1-6-41-24-11-17-13-33(27(31)19(17)12-20(24)28(38)32-5)15-23(35)16-9-18(26(37)21(10-16)30(2,3)4)14-34-22(29(39)40)7-8-25(34)36;/h9-12,22,31,37H,6-8,13-15H2,1-5H3,(H,32,38)(H,39,40);1H. The molecule has 4 N–H and O–H groups in total. The molecule has 1 fully saturated rings. The normalized spacial score (nSPS) is 16.3. The van der Waals surface area contributed by atoms with E-state index in [4.69, 9.17) is 10.1 Å². The zero-order chi connectivity index (χ0) is 30.2. The second-order valence-electron chi connectivity index (χ2n) is 11.3. The van der Waals surface area contributed by atoms with E-state index < -0.39 is 17.4 Å². The largest absolute Gasteiger partial charge is 0.507 e. The number of phenols is 1. The van der Waals surface area contributed by atoms with E-state index in [-0.39, 0.29) is 84.2 Å². The van der Waals surface area contributed by atoms with Crippen LogP contribution in [0.15, 0.2) is 24.3 Å². The van der Waals surface area contributed by atoms with Crippen molar-refractivity contribution in [2.75, 3.05) is 20.2 Å². The number of amides is 2. The van der Waals surface area contributed by atoms with Crippen LogP contribution in [0.25, 0.3) is 0 Å². The van der Waals surface area contributed by atoms with Crippen molar-refractivity contribution in [1.29, 1.82) is 5.41 Å². The van der Waals surface area contributed by atoms with Gasteiger partial charge in [-0.05, 0) is 48.6 Å². The third kappa shape index (κ3) is 6.28. The van der Waals surface area contributed by atoms with Crippen LogP contribution in [-0.2, 0) is 28.1 Å². The minimum atomic E-state index is -1.11. The molecule has 1 saturated heterocycles. The van der Waals surface area contributed by atoms with Gasteiger partial charge < -0.3 is 30.1 Å². The number of rotatable bonds is 9. The molecule has 12 heteroatoms. The van der Waals surface area contributed by atoms with Gasteiger partial charge in [-0.25, -0.2) is 4.79 Å². The molecule has 4 rings (SSSR count). The lowest BCUT2D eigenvalue weighted by atomic mass is 9.83. The lowest BCUT2D eigenvalue weighted by molar-refractivity contribution is -0.146. The van der Waals surface area contributed by atoms with Crippen LogP contribution in [0.3, 0.4) is 0 Å². The van der Waals surface area contributed by atoms with Gasteiger partial charge in [0.05, 0.1) is 25.3 Å². The number of carbonyl (C=O) groups is 4. The number of carboxylic acid groups (broad SMARTS) is 1. The Morgan fingerprint density at radius 1 is 1.17 bits per heavy atom. The Hall–Kier alpha value is -3.93. The summed E-state index contributed by atoms with van der Waals surface area (Å²) in [5.41, 5.74) is 2.11. The van der Waals surface area contributed by atoms with Crippen LogP contribution >= 0.6 is 17.0 Å². The highest BCUT2D eigenvalue weighted by Crippen LogP contribution is 2.37. The van der Waals surface area contributed by atoms with Gasteiger partial charge in [-0.1, -0.05) is 20.8 Å². The number of nitrogens with zero attached hydrogens (tertiary/aromatic N) is 2. The molecule has 2 aliphatic rings. The number of benzene rings is 2. The number of phenolic OH excluding ortho intramolecular Hbond substituents is 1. The number of ether oxygens (including phenoxy) is 1. The summed E-state index contributed by atoms with van der Waals surface area (Å²) in [4.78, 5) is 53.1. The number of hydrogen-bond acceptors (Lipinski definition) is 7. The molecular formula is C30H37BrN4O7. The van der Waals surface area contributed by atoms with Gasteiger partial charge in [0.15, 0.2) is 5.78 Å². The fourth-order valence-corrected chi connectivity index (χ4v) is 5.33. The lowest BCUT2D eigenvalue weighted by Gasteiger charge is -2.27. The van der Waals surface area contributed by atoms with Gasteiger partial charge in [0, 0.05) is 42.3 Å². The summed E-state index contributed by atoms with van der Waals surface area (Å²) in [7, 11) is 1.51. The first-order valence-electron chi connectivity index (χ1n) is 13.5. The van der Waals surface area contributed by atoms with Crippen molar-refractivity contribution in [3.05, 3.63) is 57.6 Å². The molecule has 0 saturated carbocycles. The highest BCUT2D eigenvalue weighted by molar-refractivity contribution is 8.93. The maximum atomic E-state index is 13.6. The second kappa shape index (κ2) is 12.5. The summed E-state index contributed by atoms with van der Waals surface area (Å²) in [6, 6.07) is 5.45. The summed E-state index contributed by atoms with van der Waals surface area (Å²) >= 11 is 0. The molecule has 226 valence electrons. The number of carbonyl (C=O) groups excluding carboxylic acids is 3. The van der Waals surface area contributed by atoms with Gasteiger partial charge in [-0.3, -0.25) is 19.8 Å². The summed E-state index contributed by atoms with van der Waals surface area (Å²) in [5, 5.41) is 32.0. The van der Waals surface area contributed by atoms with Crippen molar-refractivity contribution in [3.8, 4) is 11.5 Å². The van der Waals surface area contributed by atoms with Crippen molar-refractivity contribution < 1.29 is 34.1 Å². The molecule has 2 aliphatic heterocycles. The fraction of sp³-hybridized carbons (Fsp3) is 0.433. The molecule has 2 heterocycles. The van der Waals surface area contributed by atoms with Crippen molar-refractivity contribution in [1.82, 2.24) is 15.1 Å². The van der Waals surface area contributed by atoms with Crippen molar-refractivity contribution in [3.63, 3.8) is 0 Å². The molecule has 2 aromatic rings. The topological polar surface area (TPSA) is 160 Å². The van der Waals surface area contributed by atoms with E-state index in [1.807, 2.05) is 27.7 Å². The highest BCUT2D eigenvalue weighted by atomic mass is 79.9. The molecule has 2 amide bonds. The molecule has 0 spiro atoms. The number of fused-ring (bicyclic) bond motifs is 1. The Morgan fingerprint density at radius 2 is 1.86 bits per heavy atom. The predicted molar refractivity (Wildman–Crippen MR) is 161 cm³/mol. The number of carboxylic acids is 1. The molecule has 42 heavy (non-hydrogen) atoms. The van der Waals surface area contributed by atoms with E-state index in [1.54, 1.807) is 23.1 Å². The zero-order valence-electron chi connectivity index (χ0n) is 24.4. The Balaban J connectivity index is 0.00000484. The van der Waals surface area contributed by atoms with Crippen molar-refractivity contribution in [2.45, 2.75) is 65.1 Å². The van der Waals surface area contributed by atoms with Crippen LogP contribution in [0, 0.1) is 5.41 Å². The Labute approximate surface area is 255 Å². The molecule has 1 unspecified atom stereocenters. The van der Waals surface area contributed by atoms with Gasteiger partial charge in [0.1, 0.15) is 23.4 Å². The number of Topliss-reactive ketones (excluding diaryl/α,β-unsaturated/α-hetero) is 1. The summed E-state index contributed by atoms with van der Waals surface area (Å²) in [6.07, 6.45) is 0.288. The molecule has 11 nitrogen and oxygen atoms in total. The monoisotopic (exact) mass is 644 g/mol. The zero-order valence-corrected chi connectivity index (χ0v) is 26.1. The number of nitrogens with one attached hydrogen (secondary N) is 2. The van der Waals surface area contributed by atoms with Crippen molar-refractivity contribution >= 4 is 46.4 Å². The van der Waals surface area contributed by atoms with E-state index in [2.05, 4.69) is 5.32 Å². The van der Waals surface area contributed by atoms with Crippen LogP contribution in [0.1, 0.15) is 83.5 Å². The lowest BCUT2D eigenvalue weighted by Crippen LogP contribution is -2.38. The van der Waals surface area contributed by atoms with E-state index >= 15 is 0 Å². The number of aromatic hydroxyl groups is 1. The molecule has 0 aliphatic carbocycles. The van der Waals surface area contributed by atoms with Gasteiger partial charge in [0.2, 0.25) is 5.91 Å². The van der Waals surface area contributed by atoms with Crippen LogP contribution in [0.4, 0.5) is 0 Å². The number of halogens is 1. The van der Waals surface area contributed by atoms with Crippen LogP contribution < -0.4 is 10.1 Å². The van der Waals surface area contributed by atoms with Gasteiger partial charge in [-0.2, -0.15) is 0 Å². The molecule has 2 aromatic carbocycles. The summed E-state index contributed by atoms with van der Waals surface area (Å²) in [5.74, 6) is -1.66.